The van der Waals surface area contributed by atoms with E-state index in [1.54, 1.807) is 4.90 Å². The average molecular weight is 388 g/mol. The summed E-state index contributed by atoms with van der Waals surface area (Å²) in [5.74, 6) is -0.0376. The summed E-state index contributed by atoms with van der Waals surface area (Å²) in [5.41, 5.74) is -1.36. The lowest BCUT2D eigenvalue weighted by Gasteiger charge is -2.26. The molecule has 0 spiro atoms. The zero-order valence-corrected chi connectivity index (χ0v) is 15.6. The molecule has 1 aliphatic heterocycles. The van der Waals surface area contributed by atoms with E-state index in [2.05, 4.69) is 5.32 Å². The summed E-state index contributed by atoms with van der Waals surface area (Å²) in [4.78, 5) is 13.8. The van der Waals surface area contributed by atoms with Crippen LogP contribution in [0.5, 0.6) is 0 Å². The largest absolute Gasteiger partial charge is 0.444 e. The molecule has 1 saturated carbocycles. The molecule has 2 fully saturated rings. The third-order valence-electron chi connectivity index (χ3n) is 5.07. The van der Waals surface area contributed by atoms with E-state index < -0.39 is 23.2 Å². The van der Waals surface area contributed by atoms with Crippen molar-refractivity contribution in [1.29, 1.82) is 0 Å². The molecule has 2 atom stereocenters. The van der Waals surface area contributed by atoms with Gasteiger partial charge in [0.05, 0.1) is 5.56 Å². The summed E-state index contributed by atoms with van der Waals surface area (Å²) in [5, 5.41) is 3.15. The predicted molar refractivity (Wildman–Crippen MR) is 91.4 cm³/mol. The number of rotatable bonds is 4. The molecular formula is C19H24F4N2O2. The third kappa shape index (κ3) is 4.72. The van der Waals surface area contributed by atoms with Crippen LogP contribution in [0.15, 0.2) is 18.2 Å². The minimum Gasteiger partial charge on any atom is -0.444 e. The van der Waals surface area contributed by atoms with E-state index in [1.807, 2.05) is 20.8 Å². The molecule has 1 aromatic rings. The summed E-state index contributed by atoms with van der Waals surface area (Å²) in [6, 6.07) is 3.06. The van der Waals surface area contributed by atoms with Gasteiger partial charge in [-0.25, -0.2) is 9.18 Å². The summed E-state index contributed by atoms with van der Waals surface area (Å²) in [6.07, 6.45) is -4.99. The van der Waals surface area contributed by atoms with Gasteiger partial charge in [-0.05, 0) is 62.8 Å². The zero-order chi connectivity index (χ0) is 20.0. The number of fused-ring (bicyclic) bond motifs is 1. The van der Waals surface area contributed by atoms with Gasteiger partial charge in [0.2, 0.25) is 0 Å². The molecule has 0 aromatic heterocycles. The van der Waals surface area contributed by atoms with E-state index in [-0.39, 0.29) is 12.6 Å². The van der Waals surface area contributed by atoms with Gasteiger partial charge in [-0.2, -0.15) is 13.2 Å². The van der Waals surface area contributed by atoms with Gasteiger partial charge in [-0.1, -0.05) is 6.07 Å². The summed E-state index contributed by atoms with van der Waals surface area (Å²) >= 11 is 0. The first-order valence-electron chi connectivity index (χ1n) is 9.00. The van der Waals surface area contributed by atoms with Crippen molar-refractivity contribution < 1.29 is 27.1 Å². The molecule has 8 heteroatoms. The molecule has 3 rings (SSSR count). The quantitative estimate of drug-likeness (QED) is 0.792. The Labute approximate surface area is 155 Å². The molecule has 1 aromatic carbocycles. The first-order chi connectivity index (χ1) is 12.5. The minimum atomic E-state index is -4.70. The SMILES string of the molecule is CC(C)(C)OC(=O)N1CC2C(CNCc3ccc(F)c(C(F)(F)F)c3)C2C1. The fraction of sp³-hybridized carbons (Fsp3) is 0.632. The van der Waals surface area contributed by atoms with E-state index in [9.17, 15) is 22.4 Å². The van der Waals surface area contributed by atoms with Gasteiger partial charge in [0.15, 0.2) is 0 Å². The molecule has 0 radical (unpaired) electrons. The lowest BCUT2D eigenvalue weighted by Crippen LogP contribution is -2.37. The van der Waals surface area contributed by atoms with Gasteiger partial charge in [0, 0.05) is 19.6 Å². The standard InChI is InChI=1S/C19H24F4N2O2/c1-18(2,3)27-17(26)25-9-13-12(14(13)10-25)8-24-7-11-4-5-16(20)15(6-11)19(21,22)23/h4-6,12-14,24H,7-10H2,1-3H3. The lowest BCUT2D eigenvalue weighted by atomic mass is 10.1. The molecule has 1 aliphatic carbocycles. The fourth-order valence-corrected chi connectivity index (χ4v) is 3.71. The highest BCUT2D eigenvalue weighted by molar-refractivity contribution is 5.69. The number of hydrogen-bond donors (Lipinski definition) is 1. The second kappa shape index (κ2) is 6.96. The number of nitrogens with zero attached hydrogens (tertiary/aromatic N) is 1. The van der Waals surface area contributed by atoms with Crippen LogP contribution in [0.2, 0.25) is 0 Å². The molecule has 1 amide bonds. The lowest BCUT2D eigenvalue weighted by molar-refractivity contribution is -0.140. The maximum atomic E-state index is 13.3. The number of carbonyl (C=O) groups is 1. The average Bonchev–Trinajstić information content (AvgIpc) is 2.97. The van der Waals surface area contributed by atoms with Crippen LogP contribution in [0.1, 0.15) is 31.9 Å². The number of hydrogen-bond acceptors (Lipinski definition) is 3. The van der Waals surface area contributed by atoms with E-state index in [4.69, 9.17) is 4.74 Å². The highest BCUT2D eigenvalue weighted by Gasteiger charge is 2.56. The number of ether oxygens (including phenoxy) is 1. The number of alkyl halides is 3. The van der Waals surface area contributed by atoms with Crippen molar-refractivity contribution in [1.82, 2.24) is 10.2 Å². The highest BCUT2D eigenvalue weighted by Crippen LogP contribution is 2.51. The number of benzene rings is 1. The van der Waals surface area contributed by atoms with Crippen molar-refractivity contribution in [3.8, 4) is 0 Å². The Morgan fingerprint density at radius 1 is 1.22 bits per heavy atom. The van der Waals surface area contributed by atoms with Crippen molar-refractivity contribution in [2.75, 3.05) is 19.6 Å². The first kappa shape index (κ1) is 19.9. The van der Waals surface area contributed by atoms with Gasteiger partial charge >= 0.3 is 12.3 Å². The number of amides is 1. The Bertz CT molecular complexity index is 703. The van der Waals surface area contributed by atoms with E-state index in [0.717, 1.165) is 12.1 Å². The molecule has 1 saturated heterocycles. The monoisotopic (exact) mass is 388 g/mol. The summed E-state index contributed by atoms with van der Waals surface area (Å²) in [7, 11) is 0. The van der Waals surface area contributed by atoms with Crippen LogP contribution in [-0.2, 0) is 17.5 Å². The number of piperidine rings is 1. The number of likely N-dealkylation sites (tertiary alicyclic amines) is 1. The highest BCUT2D eigenvalue weighted by atomic mass is 19.4. The van der Waals surface area contributed by atoms with Gasteiger partial charge in [0.1, 0.15) is 11.4 Å². The van der Waals surface area contributed by atoms with Crippen LogP contribution < -0.4 is 5.32 Å². The third-order valence-corrected chi connectivity index (χ3v) is 5.07. The predicted octanol–water partition coefficient (Wildman–Crippen LogP) is 4.05. The Kier molecular flexibility index (Phi) is 5.14. The second-order valence-electron chi connectivity index (χ2n) is 8.32. The van der Waals surface area contributed by atoms with Crippen molar-refractivity contribution >= 4 is 6.09 Å². The Hall–Kier alpha value is -1.83. The van der Waals surface area contributed by atoms with Crippen LogP contribution in [0.4, 0.5) is 22.4 Å². The maximum absolute atomic E-state index is 13.3. The fourth-order valence-electron chi connectivity index (χ4n) is 3.71. The summed E-state index contributed by atoms with van der Waals surface area (Å²) in [6.45, 7) is 7.70. The van der Waals surface area contributed by atoms with Crippen LogP contribution in [0, 0.1) is 23.6 Å². The molecule has 2 aliphatic rings. The van der Waals surface area contributed by atoms with Crippen molar-refractivity contribution in [2.24, 2.45) is 17.8 Å². The number of halogens is 4. The number of nitrogens with one attached hydrogen (secondary N) is 1. The van der Waals surface area contributed by atoms with Crippen LogP contribution in [0.25, 0.3) is 0 Å². The molecule has 0 bridgehead atoms. The van der Waals surface area contributed by atoms with E-state index in [1.165, 1.54) is 6.07 Å². The molecule has 1 heterocycles. The molecule has 4 nitrogen and oxygen atoms in total. The van der Waals surface area contributed by atoms with E-state index >= 15 is 0 Å². The van der Waals surface area contributed by atoms with Gasteiger partial charge in [0.25, 0.3) is 0 Å². The molecule has 2 unspecified atom stereocenters. The molecular weight excluding hydrogens is 364 g/mol. The summed E-state index contributed by atoms with van der Waals surface area (Å²) < 4.78 is 56.9. The topological polar surface area (TPSA) is 41.6 Å². The Balaban J connectivity index is 1.44. The Morgan fingerprint density at radius 2 is 1.85 bits per heavy atom. The normalized spacial score (nSPS) is 24.7. The minimum absolute atomic E-state index is 0.245. The van der Waals surface area contributed by atoms with E-state index in [0.29, 0.717) is 43.0 Å². The van der Waals surface area contributed by atoms with Crippen molar-refractivity contribution in [2.45, 2.75) is 39.1 Å². The van der Waals surface area contributed by atoms with Gasteiger partial charge < -0.3 is 15.0 Å². The van der Waals surface area contributed by atoms with Crippen molar-refractivity contribution in [3.63, 3.8) is 0 Å². The molecule has 150 valence electrons. The molecule has 1 N–H and O–H groups in total. The van der Waals surface area contributed by atoms with Gasteiger partial charge in [-0.15, -0.1) is 0 Å². The maximum Gasteiger partial charge on any atom is 0.419 e. The Morgan fingerprint density at radius 3 is 2.41 bits per heavy atom. The number of carbonyl (C=O) groups excluding carboxylic acids is 1. The van der Waals surface area contributed by atoms with Crippen LogP contribution in [-0.4, -0.2) is 36.2 Å². The smallest absolute Gasteiger partial charge is 0.419 e. The van der Waals surface area contributed by atoms with Gasteiger partial charge in [-0.3, -0.25) is 0 Å². The second-order valence-corrected chi connectivity index (χ2v) is 8.32. The van der Waals surface area contributed by atoms with Crippen LogP contribution in [0.3, 0.4) is 0 Å². The van der Waals surface area contributed by atoms with Crippen molar-refractivity contribution in [3.05, 3.63) is 35.1 Å². The zero-order valence-electron chi connectivity index (χ0n) is 15.6. The van der Waals surface area contributed by atoms with Crippen LogP contribution >= 0.6 is 0 Å². The molecule has 27 heavy (non-hydrogen) atoms. The first-order valence-corrected chi connectivity index (χ1v) is 9.00.